The quantitative estimate of drug-likeness (QED) is 0.799. The monoisotopic (exact) mass is 352 g/mol. The van der Waals surface area contributed by atoms with Crippen molar-refractivity contribution in [2.24, 2.45) is 17.1 Å². The molecule has 1 saturated heterocycles. The van der Waals surface area contributed by atoms with Crippen LogP contribution in [0.5, 0.6) is 0 Å². The van der Waals surface area contributed by atoms with E-state index < -0.39 is 0 Å². The average Bonchev–Trinajstić information content (AvgIpc) is 2.63. The van der Waals surface area contributed by atoms with Crippen LogP contribution in [-0.2, 0) is 0 Å². The Morgan fingerprint density at radius 3 is 2.57 bits per heavy atom. The van der Waals surface area contributed by atoms with Gasteiger partial charge in [-0.1, -0.05) is 36.7 Å². The fourth-order valence-corrected chi connectivity index (χ4v) is 3.76. The van der Waals surface area contributed by atoms with E-state index in [0.29, 0.717) is 5.41 Å². The number of halogens is 1. The zero-order valence-corrected chi connectivity index (χ0v) is 15.4. The van der Waals surface area contributed by atoms with Gasteiger partial charge in [0.05, 0.1) is 0 Å². The molecule has 0 saturated carbocycles. The number of hydrogen-bond donors (Lipinski definition) is 1. The summed E-state index contributed by atoms with van der Waals surface area (Å²) in [6.07, 6.45) is 3.89. The second kappa shape index (κ2) is 6.70. The van der Waals surface area contributed by atoms with Crippen LogP contribution in [-0.4, -0.2) is 13.1 Å². The van der Waals surface area contributed by atoms with Crippen molar-refractivity contribution >= 4 is 21.6 Å². The fraction of sp³-hybridized carbons (Fsp3) is 0.667. The van der Waals surface area contributed by atoms with Crippen molar-refractivity contribution in [3.63, 3.8) is 0 Å². The molecule has 2 unspecified atom stereocenters. The molecule has 0 aliphatic carbocycles. The SMILES string of the molecule is CC(N)c1cc(Br)ccc1N1CCCC(C(C)(C)C)CC1. The molecule has 2 rings (SSSR count). The summed E-state index contributed by atoms with van der Waals surface area (Å²) in [5, 5.41) is 0. The van der Waals surface area contributed by atoms with Gasteiger partial charge in [0.15, 0.2) is 0 Å². The number of nitrogens with two attached hydrogens (primary N) is 1. The van der Waals surface area contributed by atoms with E-state index in [4.69, 9.17) is 5.73 Å². The lowest BCUT2D eigenvalue weighted by Gasteiger charge is -2.30. The molecule has 0 radical (unpaired) electrons. The molecule has 2 nitrogen and oxygen atoms in total. The van der Waals surface area contributed by atoms with Crippen molar-refractivity contribution in [1.82, 2.24) is 0 Å². The summed E-state index contributed by atoms with van der Waals surface area (Å²) in [6.45, 7) is 11.5. The van der Waals surface area contributed by atoms with Gasteiger partial charge < -0.3 is 10.6 Å². The molecule has 0 bridgehead atoms. The Morgan fingerprint density at radius 1 is 1.24 bits per heavy atom. The van der Waals surface area contributed by atoms with Crippen LogP contribution in [0.2, 0.25) is 0 Å². The molecule has 3 heteroatoms. The maximum atomic E-state index is 6.18. The summed E-state index contributed by atoms with van der Waals surface area (Å²) in [7, 11) is 0. The number of rotatable bonds is 2. The lowest BCUT2D eigenvalue weighted by molar-refractivity contribution is 0.220. The van der Waals surface area contributed by atoms with Gasteiger partial charge in [-0.25, -0.2) is 0 Å². The maximum Gasteiger partial charge on any atom is 0.0415 e. The van der Waals surface area contributed by atoms with E-state index >= 15 is 0 Å². The number of benzene rings is 1. The van der Waals surface area contributed by atoms with Gasteiger partial charge in [-0.2, -0.15) is 0 Å². The first-order chi connectivity index (χ1) is 9.79. The molecule has 1 aliphatic rings. The number of anilines is 1. The third kappa shape index (κ3) is 4.23. The van der Waals surface area contributed by atoms with Crippen molar-refractivity contribution in [2.75, 3.05) is 18.0 Å². The number of hydrogen-bond acceptors (Lipinski definition) is 2. The van der Waals surface area contributed by atoms with Gasteiger partial charge in [-0.15, -0.1) is 0 Å². The van der Waals surface area contributed by atoms with Crippen LogP contribution in [0.25, 0.3) is 0 Å². The molecule has 0 spiro atoms. The summed E-state index contributed by atoms with van der Waals surface area (Å²) in [6, 6.07) is 6.60. The van der Waals surface area contributed by atoms with Gasteiger partial charge in [0.2, 0.25) is 0 Å². The third-order valence-corrected chi connectivity index (χ3v) is 5.27. The zero-order chi connectivity index (χ0) is 15.6. The molecule has 1 aliphatic heterocycles. The predicted molar refractivity (Wildman–Crippen MR) is 95.8 cm³/mol. The van der Waals surface area contributed by atoms with Crippen LogP contribution in [0.3, 0.4) is 0 Å². The second-order valence-corrected chi connectivity index (χ2v) is 8.39. The van der Waals surface area contributed by atoms with Gasteiger partial charge in [0.25, 0.3) is 0 Å². The van der Waals surface area contributed by atoms with Gasteiger partial charge in [-0.3, -0.25) is 0 Å². The molecule has 21 heavy (non-hydrogen) atoms. The standard InChI is InChI=1S/C18H29BrN2/c1-13(20)16-12-15(19)7-8-17(16)21-10-5-6-14(9-11-21)18(2,3)4/h7-8,12-14H,5-6,9-11,20H2,1-4H3. The van der Waals surface area contributed by atoms with Crippen molar-refractivity contribution in [3.05, 3.63) is 28.2 Å². The molecule has 1 heterocycles. The van der Waals surface area contributed by atoms with Gasteiger partial charge in [0.1, 0.15) is 0 Å². The minimum atomic E-state index is 0.0687. The van der Waals surface area contributed by atoms with Crippen LogP contribution in [0.1, 0.15) is 58.6 Å². The van der Waals surface area contributed by atoms with E-state index in [2.05, 4.69) is 66.7 Å². The van der Waals surface area contributed by atoms with Gasteiger partial charge in [-0.05, 0) is 61.3 Å². The van der Waals surface area contributed by atoms with Crippen LogP contribution >= 0.6 is 15.9 Å². The summed E-state index contributed by atoms with van der Waals surface area (Å²) in [5.74, 6) is 0.816. The van der Waals surface area contributed by atoms with Crippen molar-refractivity contribution in [2.45, 2.75) is 53.0 Å². The Labute approximate surface area is 138 Å². The third-order valence-electron chi connectivity index (χ3n) is 4.77. The van der Waals surface area contributed by atoms with E-state index in [-0.39, 0.29) is 6.04 Å². The lowest BCUT2D eigenvalue weighted by Crippen LogP contribution is -2.27. The minimum absolute atomic E-state index is 0.0687. The van der Waals surface area contributed by atoms with Crippen LogP contribution < -0.4 is 10.6 Å². The highest BCUT2D eigenvalue weighted by molar-refractivity contribution is 9.10. The van der Waals surface area contributed by atoms with E-state index in [1.807, 2.05) is 0 Å². The second-order valence-electron chi connectivity index (χ2n) is 7.47. The largest absolute Gasteiger partial charge is 0.371 e. The Balaban J connectivity index is 2.20. The Kier molecular flexibility index (Phi) is 5.37. The average molecular weight is 353 g/mol. The first-order valence-electron chi connectivity index (χ1n) is 8.09. The number of nitrogens with zero attached hydrogens (tertiary/aromatic N) is 1. The maximum absolute atomic E-state index is 6.18. The van der Waals surface area contributed by atoms with Crippen LogP contribution in [0.4, 0.5) is 5.69 Å². The molecule has 0 aromatic heterocycles. The first kappa shape index (κ1) is 16.8. The molecular formula is C18H29BrN2. The molecule has 1 aromatic carbocycles. The van der Waals surface area contributed by atoms with Crippen LogP contribution in [0, 0.1) is 11.3 Å². The predicted octanol–water partition coefficient (Wildman–Crippen LogP) is 5.12. The van der Waals surface area contributed by atoms with E-state index in [1.54, 1.807) is 0 Å². The highest BCUT2D eigenvalue weighted by Gasteiger charge is 2.27. The molecule has 118 valence electrons. The molecule has 1 fully saturated rings. The molecule has 2 N–H and O–H groups in total. The molecule has 1 aromatic rings. The summed E-state index contributed by atoms with van der Waals surface area (Å²) in [5.41, 5.74) is 9.17. The molecule has 0 amide bonds. The van der Waals surface area contributed by atoms with Gasteiger partial charge >= 0.3 is 0 Å². The van der Waals surface area contributed by atoms with E-state index in [9.17, 15) is 0 Å². The normalized spacial score (nSPS) is 22.0. The molecular weight excluding hydrogens is 324 g/mol. The first-order valence-corrected chi connectivity index (χ1v) is 8.88. The highest BCUT2D eigenvalue weighted by Crippen LogP contribution is 2.36. The van der Waals surface area contributed by atoms with Crippen molar-refractivity contribution in [3.8, 4) is 0 Å². The van der Waals surface area contributed by atoms with Gasteiger partial charge in [0, 0.05) is 29.3 Å². The Bertz CT molecular complexity index is 477. The van der Waals surface area contributed by atoms with Crippen LogP contribution in [0.15, 0.2) is 22.7 Å². The summed E-state index contributed by atoms with van der Waals surface area (Å²) in [4.78, 5) is 2.54. The highest BCUT2D eigenvalue weighted by atomic mass is 79.9. The summed E-state index contributed by atoms with van der Waals surface area (Å²) < 4.78 is 1.11. The Morgan fingerprint density at radius 2 is 1.95 bits per heavy atom. The lowest BCUT2D eigenvalue weighted by atomic mass is 9.77. The Hall–Kier alpha value is -0.540. The van der Waals surface area contributed by atoms with Crippen molar-refractivity contribution in [1.29, 1.82) is 0 Å². The topological polar surface area (TPSA) is 29.3 Å². The fourth-order valence-electron chi connectivity index (χ4n) is 3.38. The van der Waals surface area contributed by atoms with E-state index in [1.165, 1.54) is 30.5 Å². The molecule has 2 atom stereocenters. The zero-order valence-electron chi connectivity index (χ0n) is 13.8. The smallest absolute Gasteiger partial charge is 0.0415 e. The van der Waals surface area contributed by atoms with E-state index in [0.717, 1.165) is 23.5 Å². The summed E-state index contributed by atoms with van der Waals surface area (Å²) >= 11 is 3.57. The minimum Gasteiger partial charge on any atom is -0.371 e. The van der Waals surface area contributed by atoms with Crippen molar-refractivity contribution < 1.29 is 0 Å².